The van der Waals surface area contributed by atoms with Gasteiger partial charge in [0.2, 0.25) is 5.91 Å². The third-order valence-corrected chi connectivity index (χ3v) is 4.13. The minimum absolute atomic E-state index is 0.122. The van der Waals surface area contributed by atoms with Gasteiger partial charge in [0.1, 0.15) is 5.60 Å². The maximum Gasteiger partial charge on any atom is 0.352 e. The number of alkyl halides is 2. The predicted octanol–water partition coefficient (Wildman–Crippen LogP) is 1.85. The van der Waals surface area contributed by atoms with Crippen molar-refractivity contribution in [1.82, 2.24) is 5.32 Å². The number of aryl methyl sites for hydroxylation is 1. The lowest BCUT2D eigenvalue weighted by Crippen LogP contribution is -2.61. The van der Waals surface area contributed by atoms with Crippen LogP contribution < -0.4 is 10.6 Å². The van der Waals surface area contributed by atoms with Gasteiger partial charge in [-0.1, -0.05) is 25.1 Å². The van der Waals surface area contributed by atoms with Crippen LogP contribution in [0.15, 0.2) is 24.3 Å². The number of hydrogen-bond acceptors (Lipinski definition) is 3. The van der Waals surface area contributed by atoms with Crippen molar-refractivity contribution >= 4 is 17.5 Å². The minimum Gasteiger partial charge on any atom is -0.383 e. The molecule has 1 fully saturated rings. The van der Waals surface area contributed by atoms with E-state index < -0.39 is 29.9 Å². The molecule has 0 heterocycles. The van der Waals surface area contributed by atoms with Crippen LogP contribution in [0.4, 0.5) is 14.5 Å². The highest BCUT2D eigenvalue weighted by Gasteiger charge is 2.61. The fourth-order valence-electron chi connectivity index (χ4n) is 2.45. The van der Waals surface area contributed by atoms with Gasteiger partial charge < -0.3 is 15.7 Å². The van der Waals surface area contributed by atoms with Gasteiger partial charge in [-0.25, -0.2) is 0 Å². The van der Waals surface area contributed by atoms with Crippen LogP contribution in [-0.4, -0.2) is 35.0 Å². The van der Waals surface area contributed by atoms with E-state index in [1.54, 1.807) is 12.1 Å². The van der Waals surface area contributed by atoms with Crippen LogP contribution in [0.25, 0.3) is 0 Å². The second-order valence-corrected chi connectivity index (χ2v) is 5.70. The first kappa shape index (κ1) is 17.3. The SMILES string of the molecule is CCc1ccccc1NC(=O)CNC(=O)C(F)(F)C1(O)CCC1. The average molecular weight is 326 g/mol. The average Bonchev–Trinajstić information content (AvgIpc) is 2.50. The summed E-state index contributed by atoms with van der Waals surface area (Å²) in [6.07, 6.45) is 0.911. The van der Waals surface area contributed by atoms with Crippen molar-refractivity contribution in [1.29, 1.82) is 0 Å². The molecule has 1 aromatic rings. The van der Waals surface area contributed by atoms with Crippen LogP contribution in [-0.2, 0) is 16.0 Å². The minimum atomic E-state index is -3.90. The molecule has 1 aromatic carbocycles. The highest BCUT2D eigenvalue weighted by atomic mass is 19.3. The van der Waals surface area contributed by atoms with E-state index in [2.05, 4.69) is 5.32 Å². The second-order valence-electron chi connectivity index (χ2n) is 5.70. The van der Waals surface area contributed by atoms with E-state index in [-0.39, 0.29) is 12.8 Å². The number of benzene rings is 1. The first-order chi connectivity index (χ1) is 10.8. The Labute approximate surface area is 133 Å². The van der Waals surface area contributed by atoms with Gasteiger partial charge in [0, 0.05) is 5.69 Å². The maximum atomic E-state index is 13.8. The molecule has 5 nitrogen and oxygen atoms in total. The molecule has 0 aliphatic heterocycles. The molecule has 1 aliphatic carbocycles. The van der Waals surface area contributed by atoms with Crippen molar-refractivity contribution in [3.8, 4) is 0 Å². The first-order valence-corrected chi connectivity index (χ1v) is 7.56. The van der Waals surface area contributed by atoms with Crippen molar-refractivity contribution in [3.63, 3.8) is 0 Å². The summed E-state index contributed by atoms with van der Waals surface area (Å²) in [5.74, 6) is -6.12. The lowest BCUT2D eigenvalue weighted by atomic mass is 9.75. The standard InChI is InChI=1S/C16H20F2N2O3/c1-2-11-6-3-4-7-12(11)20-13(21)10-19-14(22)16(17,18)15(23)8-5-9-15/h3-4,6-7,23H,2,5,8-10H2,1H3,(H,19,22)(H,20,21). The highest BCUT2D eigenvalue weighted by molar-refractivity contribution is 5.96. The lowest BCUT2D eigenvalue weighted by Gasteiger charge is -2.41. The zero-order valence-electron chi connectivity index (χ0n) is 12.9. The van der Waals surface area contributed by atoms with Crippen LogP contribution in [0.1, 0.15) is 31.7 Å². The van der Waals surface area contributed by atoms with Gasteiger partial charge in [0.05, 0.1) is 6.54 Å². The molecular formula is C16H20F2N2O3. The predicted molar refractivity (Wildman–Crippen MR) is 81.2 cm³/mol. The van der Waals surface area contributed by atoms with Crippen molar-refractivity contribution < 1.29 is 23.5 Å². The number of para-hydroxylation sites is 1. The summed E-state index contributed by atoms with van der Waals surface area (Å²) in [6.45, 7) is 1.34. The molecule has 1 saturated carbocycles. The van der Waals surface area contributed by atoms with E-state index in [0.717, 1.165) is 5.56 Å². The zero-order valence-corrected chi connectivity index (χ0v) is 12.9. The quantitative estimate of drug-likeness (QED) is 0.746. The Morgan fingerprint density at radius 3 is 2.52 bits per heavy atom. The molecule has 0 aromatic heterocycles. The van der Waals surface area contributed by atoms with Crippen LogP contribution in [0.5, 0.6) is 0 Å². The Hall–Kier alpha value is -2.02. The molecule has 0 atom stereocenters. The Balaban J connectivity index is 1.90. The molecule has 0 bridgehead atoms. The van der Waals surface area contributed by atoms with Crippen LogP contribution >= 0.6 is 0 Å². The third-order valence-electron chi connectivity index (χ3n) is 4.13. The van der Waals surface area contributed by atoms with E-state index in [1.165, 1.54) is 0 Å². The topological polar surface area (TPSA) is 78.4 Å². The smallest absolute Gasteiger partial charge is 0.352 e. The number of amides is 2. The Kier molecular flexibility index (Phi) is 4.99. The van der Waals surface area contributed by atoms with Crippen molar-refractivity contribution in [2.24, 2.45) is 0 Å². The van der Waals surface area contributed by atoms with Gasteiger partial charge in [-0.15, -0.1) is 0 Å². The van der Waals surface area contributed by atoms with Gasteiger partial charge >= 0.3 is 5.92 Å². The van der Waals surface area contributed by atoms with Crippen LogP contribution in [0.3, 0.4) is 0 Å². The van der Waals surface area contributed by atoms with Gasteiger partial charge in [-0.3, -0.25) is 9.59 Å². The fourth-order valence-corrected chi connectivity index (χ4v) is 2.45. The van der Waals surface area contributed by atoms with Gasteiger partial charge in [0.15, 0.2) is 0 Å². The molecule has 2 amide bonds. The number of carbonyl (C=O) groups is 2. The maximum absolute atomic E-state index is 13.8. The van der Waals surface area contributed by atoms with E-state index in [1.807, 2.05) is 24.4 Å². The van der Waals surface area contributed by atoms with E-state index in [9.17, 15) is 23.5 Å². The number of hydrogen-bond donors (Lipinski definition) is 3. The number of anilines is 1. The largest absolute Gasteiger partial charge is 0.383 e. The number of halogens is 2. The Morgan fingerprint density at radius 2 is 1.96 bits per heavy atom. The summed E-state index contributed by atoms with van der Waals surface area (Å²) in [6, 6.07) is 7.11. The zero-order chi connectivity index (χ0) is 17.1. The molecule has 0 radical (unpaired) electrons. The second kappa shape index (κ2) is 6.62. The van der Waals surface area contributed by atoms with Gasteiger partial charge in [-0.05, 0) is 37.3 Å². The summed E-state index contributed by atoms with van der Waals surface area (Å²) < 4.78 is 27.7. The fraction of sp³-hybridized carbons (Fsp3) is 0.500. The van der Waals surface area contributed by atoms with E-state index in [0.29, 0.717) is 18.5 Å². The summed E-state index contributed by atoms with van der Waals surface area (Å²) in [5.41, 5.74) is -0.803. The summed E-state index contributed by atoms with van der Waals surface area (Å²) in [4.78, 5) is 23.4. The van der Waals surface area contributed by atoms with Crippen molar-refractivity contribution in [2.75, 3.05) is 11.9 Å². The molecule has 23 heavy (non-hydrogen) atoms. The molecule has 126 valence electrons. The molecule has 2 rings (SSSR count). The normalized spacial score (nSPS) is 16.3. The van der Waals surface area contributed by atoms with E-state index >= 15 is 0 Å². The number of nitrogens with one attached hydrogen (secondary N) is 2. The van der Waals surface area contributed by atoms with Gasteiger partial charge in [0.25, 0.3) is 5.91 Å². The molecular weight excluding hydrogens is 306 g/mol. The summed E-state index contributed by atoms with van der Waals surface area (Å²) >= 11 is 0. The van der Waals surface area contributed by atoms with Gasteiger partial charge in [-0.2, -0.15) is 8.78 Å². The molecule has 7 heteroatoms. The van der Waals surface area contributed by atoms with Crippen LogP contribution in [0, 0.1) is 0 Å². The van der Waals surface area contributed by atoms with Crippen molar-refractivity contribution in [3.05, 3.63) is 29.8 Å². The third kappa shape index (κ3) is 3.50. The number of carbonyl (C=O) groups excluding carboxylic acids is 2. The molecule has 0 unspecified atom stereocenters. The molecule has 1 aliphatic rings. The van der Waals surface area contributed by atoms with E-state index in [4.69, 9.17) is 0 Å². The highest BCUT2D eigenvalue weighted by Crippen LogP contribution is 2.44. The lowest BCUT2D eigenvalue weighted by molar-refractivity contribution is -0.215. The van der Waals surface area contributed by atoms with Crippen molar-refractivity contribution in [2.45, 2.75) is 44.1 Å². The molecule has 0 saturated heterocycles. The summed E-state index contributed by atoms with van der Waals surface area (Å²) in [7, 11) is 0. The monoisotopic (exact) mass is 326 g/mol. The Bertz CT molecular complexity index is 601. The molecule has 3 N–H and O–H groups in total. The number of aliphatic hydroxyl groups is 1. The van der Waals surface area contributed by atoms with Crippen LogP contribution in [0.2, 0.25) is 0 Å². The molecule has 0 spiro atoms. The summed E-state index contributed by atoms with van der Waals surface area (Å²) in [5, 5.41) is 14.1. The first-order valence-electron chi connectivity index (χ1n) is 7.56. The Morgan fingerprint density at radius 1 is 1.30 bits per heavy atom. The number of rotatable bonds is 6.